The van der Waals surface area contributed by atoms with Crippen molar-refractivity contribution in [2.45, 2.75) is 86.6 Å². The van der Waals surface area contributed by atoms with Crippen LogP contribution in [0.3, 0.4) is 0 Å². The van der Waals surface area contributed by atoms with Crippen molar-refractivity contribution >= 4 is 29.2 Å². The summed E-state index contributed by atoms with van der Waals surface area (Å²) in [5.41, 5.74) is 3.16. The fourth-order valence-electron chi connectivity index (χ4n) is 4.78. The maximum Gasteiger partial charge on any atom is 0.490 e. The number of nitrogens with one attached hydrogen (secondary N) is 1. The molecule has 36 heavy (non-hydrogen) atoms. The van der Waals surface area contributed by atoms with Crippen LogP contribution >= 0.6 is 11.8 Å². The van der Waals surface area contributed by atoms with Crippen LogP contribution in [0.25, 0.3) is 16.9 Å². The van der Waals surface area contributed by atoms with Crippen molar-refractivity contribution < 1.29 is 23.1 Å². The van der Waals surface area contributed by atoms with E-state index in [-0.39, 0.29) is 0 Å². The zero-order valence-corrected chi connectivity index (χ0v) is 20.8. The van der Waals surface area contributed by atoms with E-state index in [0.717, 1.165) is 22.4 Å². The average molecular weight is 521 g/mol. The number of nitrogens with zero attached hydrogens (tertiary/aromatic N) is 3. The molecule has 0 radical (unpaired) electrons. The SMILES string of the molecule is O=C(O)C(F)(F)F.c1cc(SC2CCCCC2)cc(-c2nc3cnccn3c2NC2CCCCC2)c1. The molecule has 6 nitrogen and oxygen atoms in total. The number of anilines is 1. The zero-order chi connectivity index (χ0) is 25.5. The molecule has 10 heteroatoms. The molecule has 0 aliphatic heterocycles. The number of aliphatic carboxylic acids is 1. The molecule has 5 rings (SSSR count). The first kappa shape index (κ1) is 26.3. The van der Waals surface area contributed by atoms with Gasteiger partial charge >= 0.3 is 12.1 Å². The topological polar surface area (TPSA) is 79.5 Å². The van der Waals surface area contributed by atoms with Gasteiger partial charge in [-0.1, -0.05) is 50.7 Å². The number of carboxylic acid groups (broad SMARTS) is 1. The van der Waals surface area contributed by atoms with Gasteiger partial charge in [0.05, 0.1) is 6.20 Å². The first-order chi connectivity index (χ1) is 17.3. The van der Waals surface area contributed by atoms with Gasteiger partial charge in [-0.25, -0.2) is 9.78 Å². The highest BCUT2D eigenvalue weighted by Gasteiger charge is 2.38. The summed E-state index contributed by atoms with van der Waals surface area (Å²) in [6.45, 7) is 0. The van der Waals surface area contributed by atoms with E-state index in [0.29, 0.717) is 6.04 Å². The first-order valence-corrected chi connectivity index (χ1v) is 13.3. The van der Waals surface area contributed by atoms with E-state index in [1.807, 2.05) is 18.6 Å². The van der Waals surface area contributed by atoms with Gasteiger partial charge in [0.25, 0.3) is 0 Å². The van der Waals surface area contributed by atoms with Gasteiger partial charge in [0.15, 0.2) is 5.65 Å². The van der Waals surface area contributed by atoms with Crippen LogP contribution in [0.4, 0.5) is 19.0 Å². The molecule has 0 bridgehead atoms. The van der Waals surface area contributed by atoms with E-state index < -0.39 is 12.1 Å². The van der Waals surface area contributed by atoms with Crippen molar-refractivity contribution in [2.24, 2.45) is 0 Å². The Kier molecular flexibility index (Phi) is 8.77. The fraction of sp³-hybridized carbons (Fsp3) is 0.500. The van der Waals surface area contributed by atoms with Crippen LogP contribution in [0.15, 0.2) is 47.8 Å². The summed E-state index contributed by atoms with van der Waals surface area (Å²) in [6.07, 6.45) is 14.0. The van der Waals surface area contributed by atoms with E-state index in [1.165, 1.54) is 74.7 Å². The average Bonchev–Trinajstić information content (AvgIpc) is 3.24. The van der Waals surface area contributed by atoms with Crippen molar-refractivity contribution in [3.63, 3.8) is 0 Å². The van der Waals surface area contributed by atoms with E-state index in [9.17, 15) is 13.2 Å². The highest BCUT2D eigenvalue weighted by atomic mass is 32.2. The van der Waals surface area contributed by atoms with E-state index in [4.69, 9.17) is 14.9 Å². The Morgan fingerprint density at radius 3 is 2.39 bits per heavy atom. The number of imidazole rings is 1. The molecule has 2 aliphatic carbocycles. The Morgan fingerprint density at radius 2 is 1.72 bits per heavy atom. The van der Waals surface area contributed by atoms with Crippen molar-refractivity contribution in [1.29, 1.82) is 0 Å². The molecule has 2 aromatic heterocycles. The van der Waals surface area contributed by atoms with Gasteiger partial charge in [0, 0.05) is 34.1 Å². The molecule has 2 fully saturated rings. The first-order valence-electron chi connectivity index (χ1n) is 12.5. The summed E-state index contributed by atoms with van der Waals surface area (Å²) in [5, 5.41) is 11.7. The lowest BCUT2D eigenvalue weighted by molar-refractivity contribution is -0.192. The third kappa shape index (κ3) is 6.93. The molecular formula is C26H31F3N4O2S. The Balaban J connectivity index is 0.000000384. The number of aromatic nitrogens is 3. The molecule has 2 heterocycles. The molecule has 0 atom stereocenters. The summed E-state index contributed by atoms with van der Waals surface area (Å²) in [5.74, 6) is -1.64. The number of halogens is 3. The maximum atomic E-state index is 10.6. The third-order valence-corrected chi connectivity index (χ3v) is 7.91. The third-order valence-electron chi connectivity index (χ3n) is 6.58. The molecule has 0 spiro atoms. The summed E-state index contributed by atoms with van der Waals surface area (Å²) in [6, 6.07) is 9.52. The minimum Gasteiger partial charge on any atom is -0.475 e. The number of hydrogen-bond acceptors (Lipinski definition) is 5. The second-order valence-corrected chi connectivity index (χ2v) is 10.7. The molecule has 2 N–H and O–H groups in total. The standard InChI is InChI=1S/C24H30N4S.C2HF3O2/c1-3-9-19(10-4-1)26-24-23(27-22-17-25-14-15-28(22)24)18-8-7-13-21(16-18)29-20-11-5-2-6-12-20;3-2(4,5)1(6)7/h7-8,13-17,19-20,26H,1-6,9-12H2;(H,6,7). The summed E-state index contributed by atoms with van der Waals surface area (Å²) < 4.78 is 33.9. The number of fused-ring (bicyclic) bond motifs is 1. The molecule has 0 unspecified atom stereocenters. The number of hydrogen-bond donors (Lipinski definition) is 2. The van der Waals surface area contributed by atoms with E-state index >= 15 is 0 Å². The number of thioether (sulfide) groups is 1. The van der Waals surface area contributed by atoms with Crippen LogP contribution in [-0.2, 0) is 4.79 Å². The Labute approximate surface area is 212 Å². The predicted molar refractivity (Wildman–Crippen MR) is 135 cm³/mol. The second kappa shape index (κ2) is 12.0. The Bertz CT molecular complexity index is 1160. The van der Waals surface area contributed by atoms with Gasteiger partial charge in [0.1, 0.15) is 11.5 Å². The molecule has 1 aromatic carbocycles. The normalized spacial score (nSPS) is 17.4. The lowest BCUT2D eigenvalue weighted by atomic mass is 9.95. The van der Waals surface area contributed by atoms with Gasteiger partial charge in [-0.15, -0.1) is 11.8 Å². The predicted octanol–water partition coefficient (Wildman–Crippen LogP) is 7.20. The molecule has 194 valence electrons. The number of rotatable bonds is 5. The van der Waals surface area contributed by atoms with Crippen molar-refractivity contribution in [2.75, 3.05) is 5.32 Å². The van der Waals surface area contributed by atoms with Gasteiger partial charge in [0.2, 0.25) is 0 Å². The molecular weight excluding hydrogens is 489 g/mol. The van der Waals surface area contributed by atoms with E-state index in [2.05, 4.69) is 50.7 Å². The number of alkyl halides is 3. The fourth-order valence-corrected chi connectivity index (χ4v) is 6.08. The highest BCUT2D eigenvalue weighted by Crippen LogP contribution is 2.37. The summed E-state index contributed by atoms with van der Waals surface area (Å²) >= 11 is 2.05. The van der Waals surface area contributed by atoms with Gasteiger partial charge < -0.3 is 10.4 Å². The molecule has 2 aliphatic rings. The lowest BCUT2D eigenvalue weighted by Crippen LogP contribution is -2.23. The minimum absolute atomic E-state index is 0.537. The van der Waals surface area contributed by atoms with Crippen LogP contribution in [0.1, 0.15) is 64.2 Å². The Hall–Kier alpha value is -2.75. The Morgan fingerprint density at radius 1 is 1.06 bits per heavy atom. The molecule has 2 saturated carbocycles. The van der Waals surface area contributed by atoms with Crippen LogP contribution in [0.5, 0.6) is 0 Å². The number of carbonyl (C=O) groups is 1. The van der Waals surface area contributed by atoms with Crippen LogP contribution in [0.2, 0.25) is 0 Å². The van der Waals surface area contributed by atoms with E-state index in [1.54, 1.807) is 0 Å². The van der Waals surface area contributed by atoms with Crippen LogP contribution in [-0.4, -0.2) is 42.9 Å². The van der Waals surface area contributed by atoms with Crippen LogP contribution in [0, 0.1) is 0 Å². The van der Waals surface area contributed by atoms with Crippen LogP contribution < -0.4 is 5.32 Å². The molecule has 3 aromatic rings. The van der Waals surface area contributed by atoms with Crippen molar-refractivity contribution in [1.82, 2.24) is 14.4 Å². The second-order valence-electron chi connectivity index (χ2n) is 9.30. The van der Waals surface area contributed by atoms with Gasteiger partial charge in [-0.2, -0.15) is 13.2 Å². The van der Waals surface area contributed by atoms with Crippen molar-refractivity contribution in [3.05, 3.63) is 42.9 Å². The lowest BCUT2D eigenvalue weighted by Gasteiger charge is -2.24. The molecule has 0 saturated heterocycles. The monoisotopic (exact) mass is 520 g/mol. The largest absolute Gasteiger partial charge is 0.490 e. The summed E-state index contributed by atoms with van der Waals surface area (Å²) in [7, 11) is 0. The number of carboxylic acids is 1. The summed E-state index contributed by atoms with van der Waals surface area (Å²) in [4.78, 5) is 19.5. The van der Waals surface area contributed by atoms with Crippen molar-refractivity contribution in [3.8, 4) is 11.3 Å². The minimum atomic E-state index is -5.08. The number of benzene rings is 1. The molecule has 0 amide bonds. The highest BCUT2D eigenvalue weighted by molar-refractivity contribution is 8.00. The zero-order valence-electron chi connectivity index (χ0n) is 20.0. The van der Waals surface area contributed by atoms with Gasteiger partial charge in [-0.3, -0.25) is 9.38 Å². The quantitative estimate of drug-likeness (QED) is 0.370. The van der Waals surface area contributed by atoms with Gasteiger partial charge in [-0.05, 0) is 37.8 Å². The maximum absolute atomic E-state index is 10.6. The smallest absolute Gasteiger partial charge is 0.475 e.